The van der Waals surface area contributed by atoms with E-state index in [9.17, 15) is 8.42 Å². The van der Waals surface area contributed by atoms with Gasteiger partial charge >= 0.3 is 0 Å². The Morgan fingerprint density at radius 2 is 2.21 bits per heavy atom. The first-order chi connectivity index (χ1) is 9.02. The number of rotatable bonds is 5. The van der Waals surface area contributed by atoms with E-state index in [1.54, 1.807) is 19.2 Å². The third kappa shape index (κ3) is 3.39. The number of benzene rings is 1. The highest BCUT2D eigenvalue weighted by Gasteiger charge is 2.22. The molecule has 19 heavy (non-hydrogen) atoms. The first kappa shape index (κ1) is 14.1. The quantitative estimate of drug-likeness (QED) is 0.806. The number of anilines is 2. The van der Waals surface area contributed by atoms with Gasteiger partial charge in [-0.15, -0.1) is 0 Å². The van der Waals surface area contributed by atoms with Gasteiger partial charge in [0, 0.05) is 32.6 Å². The zero-order valence-corrected chi connectivity index (χ0v) is 12.1. The Morgan fingerprint density at radius 1 is 1.42 bits per heavy atom. The van der Waals surface area contributed by atoms with Crippen LogP contribution in [0.25, 0.3) is 0 Å². The van der Waals surface area contributed by atoms with Gasteiger partial charge in [-0.1, -0.05) is 6.07 Å². The van der Waals surface area contributed by atoms with Crippen molar-refractivity contribution in [2.24, 2.45) is 0 Å². The van der Waals surface area contributed by atoms with Crippen molar-refractivity contribution in [2.75, 3.05) is 37.2 Å². The molecule has 0 amide bonds. The molecule has 0 radical (unpaired) electrons. The van der Waals surface area contributed by atoms with Gasteiger partial charge in [0.1, 0.15) is 0 Å². The van der Waals surface area contributed by atoms with E-state index in [0.29, 0.717) is 16.6 Å². The highest BCUT2D eigenvalue weighted by molar-refractivity contribution is 7.90. The van der Waals surface area contributed by atoms with Gasteiger partial charge in [0.25, 0.3) is 0 Å². The first-order valence-corrected chi connectivity index (χ1v) is 8.24. The van der Waals surface area contributed by atoms with E-state index in [0.717, 1.165) is 31.7 Å². The van der Waals surface area contributed by atoms with Crippen molar-refractivity contribution in [3.8, 4) is 0 Å². The molecule has 0 aliphatic carbocycles. The van der Waals surface area contributed by atoms with Gasteiger partial charge in [0.2, 0.25) is 0 Å². The van der Waals surface area contributed by atoms with Crippen LogP contribution in [0.5, 0.6) is 0 Å². The average Bonchev–Trinajstić information content (AvgIpc) is 2.37. The first-order valence-electron chi connectivity index (χ1n) is 6.35. The van der Waals surface area contributed by atoms with Crippen molar-refractivity contribution < 1.29 is 13.2 Å². The third-order valence-electron chi connectivity index (χ3n) is 3.21. The Balaban J connectivity index is 2.14. The lowest BCUT2D eigenvalue weighted by Crippen LogP contribution is -2.33. The summed E-state index contributed by atoms with van der Waals surface area (Å²) in [6.45, 7) is 1.47. The topological polar surface area (TPSA) is 67.4 Å². The largest absolute Gasteiger partial charge is 0.385 e. The Morgan fingerprint density at radius 3 is 2.89 bits per heavy atom. The molecule has 1 heterocycles. The molecular weight excluding hydrogens is 264 g/mol. The molecule has 1 aromatic rings. The fourth-order valence-electron chi connectivity index (χ4n) is 2.29. The molecule has 0 bridgehead atoms. The van der Waals surface area contributed by atoms with E-state index in [2.05, 4.69) is 10.6 Å². The van der Waals surface area contributed by atoms with Gasteiger partial charge in [0.15, 0.2) is 9.84 Å². The predicted molar refractivity (Wildman–Crippen MR) is 76.6 cm³/mol. The highest BCUT2D eigenvalue weighted by Crippen LogP contribution is 2.33. The van der Waals surface area contributed by atoms with Crippen molar-refractivity contribution in [1.29, 1.82) is 0 Å². The maximum absolute atomic E-state index is 11.7. The van der Waals surface area contributed by atoms with E-state index in [1.165, 1.54) is 6.26 Å². The van der Waals surface area contributed by atoms with Crippen LogP contribution in [0.15, 0.2) is 23.1 Å². The number of para-hydroxylation sites is 1. The van der Waals surface area contributed by atoms with Crippen LogP contribution < -0.4 is 10.6 Å². The molecular formula is C13H20N2O3S. The minimum atomic E-state index is -3.21. The Bertz CT molecular complexity index is 543. The fraction of sp³-hybridized carbons (Fsp3) is 0.538. The third-order valence-corrected chi connectivity index (χ3v) is 4.35. The highest BCUT2D eigenvalue weighted by atomic mass is 32.2. The Kier molecular flexibility index (Phi) is 4.31. The summed E-state index contributed by atoms with van der Waals surface area (Å²) in [5, 5.41) is 6.62. The lowest BCUT2D eigenvalue weighted by molar-refractivity contribution is 0.191. The number of ether oxygens (including phenoxy) is 1. The Hall–Kier alpha value is -1.27. The molecule has 6 heteroatoms. The summed E-state index contributed by atoms with van der Waals surface area (Å²) in [7, 11) is -1.51. The van der Waals surface area contributed by atoms with Crippen LogP contribution in [0.4, 0.5) is 11.4 Å². The molecule has 2 rings (SSSR count). The number of fused-ring (bicyclic) bond motifs is 1. The minimum absolute atomic E-state index is 0.303. The fourth-order valence-corrected chi connectivity index (χ4v) is 3.17. The summed E-state index contributed by atoms with van der Waals surface area (Å²) in [5.74, 6) is 0. The smallest absolute Gasteiger partial charge is 0.177 e. The second-order valence-electron chi connectivity index (χ2n) is 4.81. The predicted octanol–water partition coefficient (Wildman–Crippen LogP) is 1.72. The van der Waals surface area contributed by atoms with E-state index >= 15 is 0 Å². The van der Waals surface area contributed by atoms with Gasteiger partial charge in [0.05, 0.1) is 16.3 Å². The summed E-state index contributed by atoms with van der Waals surface area (Å²) < 4.78 is 28.5. The second-order valence-corrected chi connectivity index (χ2v) is 6.79. The van der Waals surface area contributed by atoms with Crippen molar-refractivity contribution in [3.63, 3.8) is 0 Å². The van der Waals surface area contributed by atoms with Gasteiger partial charge < -0.3 is 15.4 Å². The zero-order chi connectivity index (χ0) is 13.9. The monoisotopic (exact) mass is 284 g/mol. The van der Waals surface area contributed by atoms with Crippen LogP contribution in [0.1, 0.15) is 12.8 Å². The molecule has 106 valence electrons. The molecule has 2 N–H and O–H groups in total. The van der Waals surface area contributed by atoms with E-state index in [1.807, 2.05) is 6.07 Å². The minimum Gasteiger partial charge on any atom is -0.385 e. The van der Waals surface area contributed by atoms with Crippen LogP contribution in [0.3, 0.4) is 0 Å². The molecule has 1 aromatic carbocycles. The van der Waals surface area contributed by atoms with E-state index in [4.69, 9.17) is 4.74 Å². The number of hydrogen-bond acceptors (Lipinski definition) is 5. The maximum Gasteiger partial charge on any atom is 0.177 e. The molecule has 1 aliphatic heterocycles. The number of sulfone groups is 1. The van der Waals surface area contributed by atoms with E-state index < -0.39 is 9.84 Å². The van der Waals surface area contributed by atoms with Crippen LogP contribution >= 0.6 is 0 Å². The molecule has 0 spiro atoms. The van der Waals surface area contributed by atoms with Crippen molar-refractivity contribution in [3.05, 3.63) is 18.2 Å². The summed E-state index contributed by atoms with van der Waals surface area (Å²) in [4.78, 5) is 0.354. The lowest BCUT2D eigenvalue weighted by Gasteiger charge is -2.29. The Labute approximate surface area is 114 Å². The van der Waals surface area contributed by atoms with Crippen LogP contribution in [-0.4, -0.2) is 41.0 Å². The molecule has 0 saturated heterocycles. The molecule has 0 fully saturated rings. The summed E-state index contributed by atoms with van der Waals surface area (Å²) in [6.07, 6.45) is 3.20. The number of methoxy groups -OCH3 is 1. The molecule has 0 aromatic heterocycles. The van der Waals surface area contributed by atoms with Gasteiger partial charge in [-0.05, 0) is 25.0 Å². The van der Waals surface area contributed by atoms with Crippen molar-refractivity contribution >= 4 is 21.2 Å². The normalized spacial score (nSPS) is 18.3. The standard InChI is InChI=1S/C13H20N2O3S/c1-18-8-4-5-10-9-14-13-11(15-10)6-3-7-12(13)19(2,16)17/h3,6-7,10,14-15H,4-5,8-9H2,1-2H3. The lowest BCUT2D eigenvalue weighted by atomic mass is 10.1. The summed E-state index contributed by atoms with van der Waals surface area (Å²) in [5.41, 5.74) is 1.55. The van der Waals surface area contributed by atoms with Gasteiger partial charge in [-0.25, -0.2) is 8.42 Å². The summed E-state index contributed by atoms with van der Waals surface area (Å²) >= 11 is 0. The molecule has 1 unspecified atom stereocenters. The molecule has 5 nitrogen and oxygen atoms in total. The number of hydrogen-bond donors (Lipinski definition) is 2. The maximum atomic E-state index is 11.7. The number of nitrogens with one attached hydrogen (secondary N) is 2. The van der Waals surface area contributed by atoms with Crippen molar-refractivity contribution in [1.82, 2.24) is 0 Å². The molecule has 1 atom stereocenters. The summed E-state index contributed by atoms with van der Waals surface area (Å²) in [6, 6.07) is 5.60. The van der Waals surface area contributed by atoms with Crippen LogP contribution in [0, 0.1) is 0 Å². The average molecular weight is 284 g/mol. The molecule has 0 saturated carbocycles. The second kappa shape index (κ2) is 5.79. The molecule has 1 aliphatic rings. The van der Waals surface area contributed by atoms with Crippen LogP contribution in [-0.2, 0) is 14.6 Å². The van der Waals surface area contributed by atoms with Gasteiger partial charge in [-0.2, -0.15) is 0 Å². The van der Waals surface area contributed by atoms with E-state index in [-0.39, 0.29) is 0 Å². The van der Waals surface area contributed by atoms with Gasteiger partial charge in [-0.3, -0.25) is 0 Å². The SMILES string of the molecule is COCCCC1CNc2c(cccc2S(C)(=O)=O)N1. The van der Waals surface area contributed by atoms with Crippen molar-refractivity contribution in [2.45, 2.75) is 23.8 Å². The zero-order valence-electron chi connectivity index (χ0n) is 11.3. The van der Waals surface area contributed by atoms with Crippen LogP contribution in [0.2, 0.25) is 0 Å².